The Hall–Kier alpha value is -2.86. The predicted octanol–water partition coefficient (Wildman–Crippen LogP) is 2.98. The van der Waals surface area contributed by atoms with Crippen molar-refractivity contribution in [2.75, 3.05) is 37.4 Å². The lowest BCUT2D eigenvalue weighted by Gasteiger charge is -2.20. The number of carbonyl (C=O) groups is 2. The van der Waals surface area contributed by atoms with Gasteiger partial charge in [-0.1, -0.05) is 37.3 Å². The zero-order valence-corrected chi connectivity index (χ0v) is 15.2. The Morgan fingerprint density at radius 3 is 2.35 bits per heavy atom. The van der Waals surface area contributed by atoms with Gasteiger partial charge in [0.2, 0.25) is 11.8 Å². The number of rotatable bonds is 9. The number of anilines is 2. The molecule has 0 unspecified atom stereocenters. The van der Waals surface area contributed by atoms with E-state index in [2.05, 4.69) is 10.6 Å². The van der Waals surface area contributed by atoms with Gasteiger partial charge in [-0.2, -0.15) is 0 Å². The number of amides is 2. The zero-order valence-electron chi connectivity index (χ0n) is 15.2. The van der Waals surface area contributed by atoms with Gasteiger partial charge in [-0.15, -0.1) is 0 Å². The van der Waals surface area contributed by atoms with Crippen molar-refractivity contribution in [1.82, 2.24) is 4.90 Å². The summed E-state index contributed by atoms with van der Waals surface area (Å²) in [5.74, 6) is 0.408. The summed E-state index contributed by atoms with van der Waals surface area (Å²) in [5.41, 5.74) is 1.41. The normalized spacial score (nSPS) is 10.4. The Kier molecular flexibility index (Phi) is 7.64. The zero-order chi connectivity index (χ0) is 18.8. The highest BCUT2D eigenvalue weighted by molar-refractivity contribution is 5.94. The van der Waals surface area contributed by atoms with Gasteiger partial charge >= 0.3 is 0 Å². The number of para-hydroxylation sites is 3. The van der Waals surface area contributed by atoms with Crippen molar-refractivity contribution in [1.29, 1.82) is 0 Å². The molecule has 0 aliphatic heterocycles. The second kappa shape index (κ2) is 10.2. The van der Waals surface area contributed by atoms with E-state index in [-0.39, 0.29) is 18.4 Å². The molecule has 0 radical (unpaired) electrons. The maximum atomic E-state index is 12.3. The predicted molar refractivity (Wildman–Crippen MR) is 103 cm³/mol. The number of methoxy groups -OCH3 is 1. The van der Waals surface area contributed by atoms with Crippen molar-refractivity contribution < 1.29 is 14.3 Å². The Balaban J connectivity index is 1.81. The van der Waals surface area contributed by atoms with E-state index in [1.54, 1.807) is 19.2 Å². The first-order valence-corrected chi connectivity index (χ1v) is 8.62. The van der Waals surface area contributed by atoms with E-state index in [0.717, 1.165) is 5.69 Å². The Morgan fingerprint density at radius 1 is 0.962 bits per heavy atom. The minimum atomic E-state index is -0.139. The van der Waals surface area contributed by atoms with Gasteiger partial charge < -0.3 is 15.4 Å². The number of likely N-dealkylation sites (N-methyl/N-ethyl adjacent to an activating group) is 1. The van der Waals surface area contributed by atoms with Crippen LogP contribution in [0.2, 0.25) is 0 Å². The van der Waals surface area contributed by atoms with Crippen LogP contribution in [0, 0.1) is 0 Å². The van der Waals surface area contributed by atoms with Crippen LogP contribution >= 0.6 is 0 Å². The van der Waals surface area contributed by atoms with Gasteiger partial charge in [0.05, 0.1) is 19.3 Å². The highest BCUT2D eigenvalue weighted by Gasteiger charge is 2.13. The smallest absolute Gasteiger partial charge is 0.238 e. The second-order valence-electron chi connectivity index (χ2n) is 5.78. The molecule has 138 valence electrons. The van der Waals surface area contributed by atoms with Crippen LogP contribution in [0.5, 0.6) is 5.75 Å². The highest BCUT2D eigenvalue weighted by atomic mass is 16.5. The lowest BCUT2D eigenvalue weighted by atomic mass is 10.2. The summed E-state index contributed by atoms with van der Waals surface area (Å²) in [6.07, 6.45) is 0.324. The summed E-state index contributed by atoms with van der Waals surface area (Å²) in [4.78, 5) is 26.2. The molecule has 0 atom stereocenters. The maximum absolute atomic E-state index is 12.3. The van der Waals surface area contributed by atoms with Crippen LogP contribution in [0.15, 0.2) is 54.6 Å². The molecule has 26 heavy (non-hydrogen) atoms. The number of benzene rings is 2. The minimum absolute atomic E-state index is 0.0696. The van der Waals surface area contributed by atoms with Gasteiger partial charge in [-0.3, -0.25) is 14.5 Å². The van der Waals surface area contributed by atoms with Crippen molar-refractivity contribution in [3.63, 3.8) is 0 Å². The summed E-state index contributed by atoms with van der Waals surface area (Å²) in [6.45, 7) is 3.37. The van der Waals surface area contributed by atoms with E-state index in [9.17, 15) is 9.59 Å². The van der Waals surface area contributed by atoms with Crippen molar-refractivity contribution in [2.24, 2.45) is 0 Å². The SMILES string of the molecule is CCN(CCC(=O)Nc1ccccc1)CC(=O)Nc1ccccc1OC. The van der Waals surface area contributed by atoms with Crippen LogP contribution in [0.25, 0.3) is 0 Å². The maximum Gasteiger partial charge on any atom is 0.238 e. The average molecular weight is 355 g/mol. The molecule has 6 heteroatoms. The molecule has 2 aromatic rings. The van der Waals surface area contributed by atoms with Crippen LogP contribution in [0.3, 0.4) is 0 Å². The van der Waals surface area contributed by atoms with E-state index < -0.39 is 0 Å². The topological polar surface area (TPSA) is 70.7 Å². The van der Waals surface area contributed by atoms with E-state index >= 15 is 0 Å². The third kappa shape index (κ3) is 6.22. The lowest BCUT2D eigenvalue weighted by molar-refractivity contribution is -0.119. The van der Waals surface area contributed by atoms with Crippen molar-refractivity contribution >= 4 is 23.2 Å². The first-order chi connectivity index (χ1) is 12.6. The Bertz CT molecular complexity index is 719. The van der Waals surface area contributed by atoms with Gasteiger partial charge in [-0.05, 0) is 30.8 Å². The number of hydrogen-bond donors (Lipinski definition) is 2. The Labute approximate surface area is 154 Å². The summed E-state index contributed by atoms with van der Waals surface area (Å²) in [5, 5.41) is 5.69. The first-order valence-electron chi connectivity index (χ1n) is 8.62. The van der Waals surface area contributed by atoms with Gasteiger partial charge in [-0.25, -0.2) is 0 Å². The fraction of sp³-hybridized carbons (Fsp3) is 0.300. The molecule has 0 aromatic heterocycles. The molecule has 6 nitrogen and oxygen atoms in total. The van der Waals surface area contributed by atoms with E-state index in [0.29, 0.717) is 30.9 Å². The minimum Gasteiger partial charge on any atom is -0.495 e. The average Bonchev–Trinajstić information content (AvgIpc) is 2.66. The third-order valence-electron chi connectivity index (χ3n) is 3.91. The van der Waals surface area contributed by atoms with Crippen molar-refractivity contribution in [2.45, 2.75) is 13.3 Å². The molecule has 0 aliphatic rings. The molecule has 0 fully saturated rings. The quantitative estimate of drug-likeness (QED) is 0.725. The molecule has 2 N–H and O–H groups in total. The molecule has 2 aromatic carbocycles. The highest BCUT2D eigenvalue weighted by Crippen LogP contribution is 2.22. The number of carbonyl (C=O) groups excluding carboxylic acids is 2. The molecule has 0 aliphatic carbocycles. The molecule has 0 heterocycles. The molecular formula is C20H25N3O3. The van der Waals surface area contributed by atoms with Gasteiger partial charge in [0.25, 0.3) is 0 Å². The van der Waals surface area contributed by atoms with Crippen molar-refractivity contribution in [3.05, 3.63) is 54.6 Å². The molecule has 0 saturated carbocycles. The number of nitrogens with zero attached hydrogens (tertiary/aromatic N) is 1. The van der Waals surface area contributed by atoms with Crippen LogP contribution in [0.4, 0.5) is 11.4 Å². The molecule has 0 spiro atoms. The summed E-state index contributed by atoms with van der Waals surface area (Å²) >= 11 is 0. The standard InChI is InChI=1S/C20H25N3O3/c1-3-23(14-13-19(24)21-16-9-5-4-6-10-16)15-20(25)22-17-11-7-8-12-18(17)26-2/h4-12H,3,13-15H2,1-2H3,(H,21,24)(H,22,25). The number of ether oxygens (including phenoxy) is 1. The summed E-state index contributed by atoms with van der Waals surface area (Å²) in [6, 6.07) is 16.6. The van der Waals surface area contributed by atoms with Crippen LogP contribution < -0.4 is 15.4 Å². The van der Waals surface area contributed by atoms with Gasteiger partial charge in [0.15, 0.2) is 0 Å². The molecular weight excluding hydrogens is 330 g/mol. The fourth-order valence-electron chi connectivity index (χ4n) is 2.49. The van der Waals surface area contributed by atoms with Gasteiger partial charge in [0.1, 0.15) is 5.75 Å². The monoisotopic (exact) mass is 355 g/mol. The molecule has 0 bridgehead atoms. The fourth-order valence-corrected chi connectivity index (χ4v) is 2.49. The number of nitrogens with one attached hydrogen (secondary N) is 2. The van der Waals surface area contributed by atoms with Crippen molar-refractivity contribution in [3.8, 4) is 5.75 Å². The first kappa shape index (κ1) is 19.5. The molecule has 2 rings (SSSR count). The van der Waals surface area contributed by atoms with E-state index in [1.807, 2.05) is 54.3 Å². The van der Waals surface area contributed by atoms with E-state index in [4.69, 9.17) is 4.74 Å². The largest absolute Gasteiger partial charge is 0.495 e. The molecule has 0 saturated heterocycles. The third-order valence-corrected chi connectivity index (χ3v) is 3.91. The van der Waals surface area contributed by atoms with E-state index in [1.165, 1.54) is 0 Å². The van der Waals surface area contributed by atoms with Crippen LogP contribution in [-0.4, -0.2) is 43.5 Å². The lowest BCUT2D eigenvalue weighted by Crippen LogP contribution is -2.35. The summed E-state index contributed by atoms with van der Waals surface area (Å²) < 4.78 is 5.23. The summed E-state index contributed by atoms with van der Waals surface area (Å²) in [7, 11) is 1.56. The second-order valence-corrected chi connectivity index (χ2v) is 5.78. The van der Waals surface area contributed by atoms with Gasteiger partial charge in [0, 0.05) is 18.7 Å². The van der Waals surface area contributed by atoms with Crippen LogP contribution in [0.1, 0.15) is 13.3 Å². The molecule has 2 amide bonds. The van der Waals surface area contributed by atoms with Crippen LogP contribution in [-0.2, 0) is 9.59 Å². The Morgan fingerprint density at radius 2 is 1.65 bits per heavy atom. The number of hydrogen-bond acceptors (Lipinski definition) is 4.